The monoisotopic (exact) mass is 644 g/mol. The Labute approximate surface area is 288 Å². The van der Waals surface area contributed by atoms with Crippen LogP contribution in [0.1, 0.15) is 17.7 Å². The van der Waals surface area contributed by atoms with Crippen LogP contribution in [0.3, 0.4) is 0 Å². The minimum atomic E-state index is 0.863. The van der Waals surface area contributed by atoms with Crippen molar-refractivity contribution in [3.05, 3.63) is 175 Å². The first-order valence-electron chi connectivity index (χ1n) is 17.0. The van der Waals surface area contributed by atoms with Crippen molar-refractivity contribution in [3.63, 3.8) is 0 Å². The van der Waals surface area contributed by atoms with Gasteiger partial charge in [0.15, 0.2) is 0 Å². The van der Waals surface area contributed by atoms with Gasteiger partial charge in [0, 0.05) is 47.7 Å². The molecule has 0 unspecified atom stereocenters. The van der Waals surface area contributed by atoms with Crippen LogP contribution in [-0.2, 0) is 6.42 Å². The maximum Gasteiger partial charge on any atom is 0.0547 e. The summed E-state index contributed by atoms with van der Waals surface area (Å²) < 4.78 is 7.54. The number of allylic oxidation sites excluding steroid dienone is 5. The minimum absolute atomic E-state index is 0.863. The van der Waals surface area contributed by atoms with Crippen LogP contribution < -0.4 is 0 Å². The van der Waals surface area contributed by atoms with Gasteiger partial charge in [-0.1, -0.05) is 103 Å². The van der Waals surface area contributed by atoms with Gasteiger partial charge in [-0.15, -0.1) is 11.3 Å². The average Bonchev–Trinajstić information content (AvgIpc) is 3.80. The van der Waals surface area contributed by atoms with Gasteiger partial charge >= 0.3 is 0 Å². The third kappa shape index (κ3) is 4.54. The second kappa shape index (κ2) is 11.4. The molecule has 0 N–H and O–H groups in total. The van der Waals surface area contributed by atoms with E-state index in [2.05, 4.69) is 179 Å². The second-order valence-corrected chi connectivity index (χ2v) is 13.9. The molecule has 0 saturated heterocycles. The number of hydrogen-bond donors (Lipinski definition) is 0. The largest absolute Gasteiger partial charge is 0.310 e. The van der Waals surface area contributed by atoms with Crippen molar-refractivity contribution in [3.8, 4) is 22.5 Å². The van der Waals surface area contributed by atoms with Gasteiger partial charge in [0.2, 0.25) is 0 Å². The molecule has 1 aliphatic carbocycles. The molecule has 0 fully saturated rings. The molecule has 3 heteroatoms. The van der Waals surface area contributed by atoms with E-state index in [0.29, 0.717) is 0 Å². The summed E-state index contributed by atoms with van der Waals surface area (Å²) in [5.41, 5.74) is 11.1. The molecule has 0 atom stereocenters. The van der Waals surface area contributed by atoms with Gasteiger partial charge in [-0.25, -0.2) is 0 Å². The van der Waals surface area contributed by atoms with E-state index in [1.165, 1.54) is 86.6 Å². The third-order valence-electron chi connectivity index (χ3n) is 10.0. The highest BCUT2D eigenvalue weighted by molar-refractivity contribution is 7.25. The third-order valence-corrected chi connectivity index (χ3v) is 11.2. The summed E-state index contributed by atoms with van der Waals surface area (Å²) in [6.07, 6.45) is 15.3. The summed E-state index contributed by atoms with van der Waals surface area (Å²) in [4.78, 5) is 0. The molecule has 0 bridgehead atoms. The standard InChI is InChI=1S/C46H32N2S/c1-2-4-9-19-42-36(16-8-3-1)39-28-31(23-26-43(39)48(42)34-24-27-46-40(30-34)38-18-11-13-21-45(38)49-46)32-22-25-37-35-17-10-12-20-41(35)47(44(37)29-32)33-14-6-5-7-15-33/h1-3,5-15,17-30H,4,16H2/b2-1-,8-3-,19-9-. The van der Waals surface area contributed by atoms with Crippen LogP contribution in [0.4, 0.5) is 0 Å². The van der Waals surface area contributed by atoms with Gasteiger partial charge in [-0.3, -0.25) is 0 Å². The van der Waals surface area contributed by atoms with Crippen LogP contribution in [0.2, 0.25) is 0 Å². The van der Waals surface area contributed by atoms with E-state index in [1.807, 2.05) is 11.3 Å². The fraction of sp³-hybridized carbons (Fsp3) is 0.0435. The Hall–Kier alpha value is -5.90. The lowest BCUT2D eigenvalue weighted by atomic mass is 9.99. The van der Waals surface area contributed by atoms with E-state index in [1.54, 1.807) is 0 Å². The van der Waals surface area contributed by atoms with E-state index in [-0.39, 0.29) is 0 Å². The van der Waals surface area contributed by atoms with Gasteiger partial charge in [0.1, 0.15) is 0 Å². The molecule has 0 spiro atoms. The van der Waals surface area contributed by atoms with Gasteiger partial charge < -0.3 is 9.13 Å². The number of nitrogens with zero attached hydrogens (tertiary/aromatic N) is 2. The van der Waals surface area contributed by atoms with Crippen LogP contribution in [0.25, 0.3) is 81.5 Å². The van der Waals surface area contributed by atoms with E-state index < -0.39 is 0 Å². The highest BCUT2D eigenvalue weighted by atomic mass is 32.1. The Kier molecular flexibility index (Phi) is 6.53. The van der Waals surface area contributed by atoms with E-state index in [0.717, 1.165) is 12.8 Å². The lowest BCUT2D eigenvalue weighted by Crippen LogP contribution is -1.98. The molecule has 0 amide bonds. The zero-order valence-electron chi connectivity index (χ0n) is 26.9. The lowest BCUT2D eigenvalue weighted by molar-refractivity contribution is 1.09. The zero-order chi connectivity index (χ0) is 32.3. The molecule has 0 saturated carbocycles. The van der Waals surface area contributed by atoms with E-state index in [4.69, 9.17) is 0 Å². The SMILES string of the molecule is C1=C\C/C=C\c2c(c3cc(-c4ccc5c6ccccc6n(-c6ccccc6)c5c4)ccc3n2-c2ccc3sc4ccccc4c3c2)C\C=C/1. The summed E-state index contributed by atoms with van der Waals surface area (Å²) in [5.74, 6) is 0. The van der Waals surface area contributed by atoms with Gasteiger partial charge in [0.05, 0.1) is 22.2 Å². The maximum absolute atomic E-state index is 2.48. The highest BCUT2D eigenvalue weighted by Gasteiger charge is 2.19. The molecule has 3 heterocycles. The van der Waals surface area contributed by atoms with Crippen molar-refractivity contribution in [1.82, 2.24) is 9.13 Å². The summed E-state index contributed by atoms with van der Waals surface area (Å²) in [6, 6.07) is 49.2. The van der Waals surface area contributed by atoms with Gasteiger partial charge in [-0.2, -0.15) is 0 Å². The molecular weight excluding hydrogens is 613 g/mol. The molecule has 9 aromatic rings. The Morgan fingerprint density at radius 1 is 0.449 bits per heavy atom. The van der Waals surface area contributed by atoms with Crippen molar-refractivity contribution < 1.29 is 0 Å². The number of para-hydroxylation sites is 2. The van der Waals surface area contributed by atoms with E-state index >= 15 is 0 Å². The molecule has 3 aromatic heterocycles. The molecule has 0 aliphatic heterocycles. The Morgan fingerprint density at radius 3 is 2.12 bits per heavy atom. The lowest BCUT2D eigenvalue weighted by Gasteiger charge is -2.11. The molecule has 2 nitrogen and oxygen atoms in total. The van der Waals surface area contributed by atoms with Crippen LogP contribution >= 0.6 is 11.3 Å². The maximum atomic E-state index is 2.48. The zero-order valence-corrected chi connectivity index (χ0v) is 27.7. The number of benzene rings is 6. The normalized spacial score (nSPS) is 15.3. The minimum Gasteiger partial charge on any atom is -0.310 e. The van der Waals surface area contributed by atoms with Crippen LogP contribution in [0.5, 0.6) is 0 Å². The molecule has 0 radical (unpaired) electrons. The average molecular weight is 645 g/mol. The molecule has 10 rings (SSSR count). The van der Waals surface area contributed by atoms with Crippen molar-refractivity contribution in [2.75, 3.05) is 0 Å². The van der Waals surface area contributed by atoms with Crippen LogP contribution in [0.15, 0.2) is 164 Å². The first-order valence-corrected chi connectivity index (χ1v) is 17.8. The van der Waals surface area contributed by atoms with Crippen LogP contribution in [0, 0.1) is 0 Å². The first-order chi connectivity index (χ1) is 24.3. The topological polar surface area (TPSA) is 9.86 Å². The number of aromatic nitrogens is 2. The summed E-state index contributed by atoms with van der Waals surface area (Å²) >= 11 is 1.87. The van der Waals surface area contributed by atoms with E-state index in [9.17, 15) is 0 Å². The summed E-state index contributed by atoms with van der Waals surface area (Å²) in [5, 5.41) is 6.49. The molecule has 1 aliphatic rings. The molecule has 49 heavy (non-hydrogen) atoms. The fourth-order valence-corrected chi connectivity index (χ4v) is 8.85. The molecule has 6 aromatic carbocycles. The Morgan fingerprint density at radius 2 is 1.18 bits per heavy atom. The van der Waals surface area contributed by atoms with Crippen molar-refractivity contribution >= 4 is 70.3 Å². The fourth-order valence-electron chi connectivity index (χ4n) is 7.76. The predicted octanol–water partition coefficient (Wildman–Crippen LogP) is 12.8. The first kappa shape index (κ1) is 28.1. The number of rotatable bonds is 3. The van der Waals surface area contributed by atoms with Crippen molar-refractivity contribution in [2.45, 2.75) is 12.8 Å². The number of thiophene rings is 1. The Bertz CT molecular complexity index is 2820. The predicted molar refractivity (Wildman–Crippen MR) is 212 cm³/mol. The van der Waals surface area contributed by atoms with Crippen LogP contribution in [-0.4, -0.2) is 9.13 Å². The second-order valence-electron chi connectivity index (χ2n) is 12.8. The van der Waals surface area contributed by atoms with Crippen molar-refractivity contribution in [1.29, 1.82) is 0 Å². The smallest absolute Gasteiger partial charge is 0.0547 e. The Balaban J connectivity index is 1.20. The van der Waals surface area contributed by atoms with Crippen molar-refractivity contribution in [2.24, 2.45) is 0 Å². The highest BCUT2D eigenvalue weighted by Crippen LogP contribution is 2.40. The quantitative estimate of drug-likeness (QED) is 0.181. The molecular formula is C46H32N2S. The molecule has 232 valence electrons. The summed E-state index contributed by atoms with van der Waals surface area (Å²) in [6.45, 7) is 0. The van der Waals surface area contributed by atoms with Gasteiger partial charge in [-0.05, 0) is 96.3 Å². The number of hydrogen-bond acceptors (Lipinski definition) is 1. The summed E-state index contributed by atoms with van der Waals surface area (Å²) in [7, 11) is 0. The van der Waals surface area contributed by atoms with Gasteiger partial charge in [0.25, 0.3) is 0 Å². The number of fused-ring (bicyclic) bond motifs is 9.